The number of anilines is 1. The fourth-order valence-corrected chi connectivity index (χ4v) is 3.83. The first-order valence-electron chi connectivity index (χ1n) is 8.03. The summed E-state index contributed by atoms with van der Waals surface area (Å²) in [7, 11) is 0. The third-order valence-electron chi connectivity index (χ3n) is 4.19. The first kappa shape index (κ1) is 17.8. The van der Waals surface area contributed by atoms with Crippen LogP contribution in [0.2, 0.25) is 5.02 Å². The average molecular weight is 372 g/mol. The van der Waals surface area contributed by atoms with E-state index in [2.05, 4.69) is 0 Å². The number of aryl methyl sites for hydroxylation is 2. The maximum absolute atomic E-state index is 13.1. The minimum atomic E-state index is -0.300. The molecule has 0 radical (unpaired) electrons. The van der Waals surface area contributed by atoms with Gasteiger partial charge in [0, 0.05) is 5.02 Å². The van der Waals surface area contributed by atoms with E-state index in [9.17, 15) is 9.59 Å². The van der Waals surface area contributed by atoms with Gasteiger partial charge < -0.3 is 0 Å². The fourth-order valence-electron chi connectivity index (χ4n) is 2.79. The lowest BCUT2D eigenvalue weighted by Crippen LogP contribution is -2.31. The Kier molecular flexibility index (Phi) is 5.02. The molecule has 5 heteroatoms. The molecule has 2 aromatic rings. The molecule has 1 heterocycles. The monoisotopic (exact) mass is 371 g/mol. The number of rotatable bonds is 4. The van der Waals surface area contributed by atoms with Crippen molar-refractivity contribution in [2.75, 3.05) is 10.7 Å². The number of halogens is 1. The summed E-state index contributed by atoms with van der Waals surface area (Å²) in [6, 6.07) is 12.7. The van der Waals surface area contributed by atoms with Crippen molar-refractivity contribution in [2.24, 2.45) is 0 Å². The number of amides is 2. The Balaban J connectivity index is 2.12. The van der Waals surface area contributed by atoms with Crippen LogP contribution in [0.1, 0.15) is 23.6 Å². The van der Waals surface area contributed by atoms with Crippen LogP contribution in [0.5, 0.6) is 0 Å². The zero-order chi connectivity index (χ0) is 18.1. The zero-order valence-corrected chi connectivity index (χ0v) is 15.9. The summed E-state index contributed by atoms with van der Waals surface area (Å²) in [6.07, 6.45) is 0. The predicted octanol–water partition coefficient (Wildman–Crippen LogP) is 4.99. The lowest BCUT2D eigenvalue weighted by molar-refractivity contribution is -0.119. The van der Waals surface area contributed by atoms with Gasteiger partial charge in [-0.1, -0.05) is 42.8 Å². The number of benzene rings is 2. The molecule has 0 bridgehead atoms. The van der Waals surface area contributed by atoms with Crippen LogP contribution in [0.25, 0.3) is 5.57 Å². The Morgan fingerprint density at radius 2 is 1.76 bits per heavy atom. The van der Waals surface area contributed by atoms with Crippen LogP contribution < -0.4 is 4.90 Å². The molecule has 25 heavy (non-hydrogen) atoms. The van der Waals surface area contributed by atoms with Crippen molar-refractivity contribution < 1.29 is 9.59 Å². The van der Waals surface area contributed by atoms with Gasteiger partial charge in [0.25, 0.3) is 11.8 Å². The molecule has 0 N–H and O–H groups in total. The van der Waals surface area contributed by atoms with E-state index in [-0.39, 0.29) is 11.8 Å². The molecule has 128 valence electrons. The van der Waals surface area contributed by atoms with E-state index < -0.39 is 0 Å². The van der Waals surface area contributed by atoms with Crippen LogP contribution in [0.4, 0.5) is 5.69 Å². The van der Waals surface area contributed by atoms with Gasteiger partial charge in [-0.25, -0.2) is 4.90 Å². The number of carbonyl (C=O) groups excluding carboxylic acids is 2. The highest BCUT2D eigenvalue weighted by atomic mass is 35.5. The van der Waals surface area contributed by atoms with E-state index in [1.54, 1.807) is 24.3 Å². The van der Waals surface area contributed by atoms with Crippen LogP contribution in [0.15, 0.2) is 47.4 Å². The molecule has 3 nitrogen and oxygen atoms in total. The average Bonchev–Trinajstić information content (AvgIpc) is 2.81. The molecule has 0 atom stereocenters. The van der Waals surface area contributed by atoms with E-state index in [1.165, 1.54) is 16.7 Å². The minimum Gasteiger partial charge on any atom is -0.268 e. The second kappa shape index (κ2) is 7.06. The van der Waals surface area contributed by atoms with Crippen LogP contribution in [0, 0.1) is 13.8 Å². The molecular formula is C20H18ClNO2S. The molecule has 0 aliphatic carbocycles. The molecule has 0 fully saturated rings. The Labute approximate surface area is 156 Å². The van der Waals surface area contributed by atoms with Crippen LogP contribution >= 0.6 is 23.4 Å². The quantitative estimate of drug-likeness (QED) is 0.710. The van der Waals surface area contributed by atoms with Gasteiger partial charge in [-0.15, -0.1) is 11.8 Å². The summed E-state index contributed by atoms with van der Waals surface area (Å²) in [5, 5.41) is 0.488. The van der Waals surface area contributed by atoms with E-state index in [0.29, 0.717) is 26.9 Å². The van der Waals surface area contributed by atoms with Gasteiger partial charge >= 0.3 is 0 Å². The summed E-state index contributed by atoms with van der Waals surface area (Å²) in [5.41, 5.74) is 3.99. The zero-order valence-electron chi connectivity index (χ0n) is 14.3. The topological polar surface area (TPSA) is 37.4 Å². The molecule has 1 aliphatic rings. The SMILES string of the molecule is CCSC1=C(c2ccc(C)c(C)c2)C(=O)N(c2cccc(Cl)c2)C1=O. The minimum absolute atomic E-state index is 0.285. The molecular weight excluding hydrogens is 354 g/mol. The lowest BCUT2D eigenvalue weighted by Gasteiger charge is -2.15. The van der Waals surface area contributed by atoms with E-state index in [1.807, 2.05) is 39.0 Å². The summed E-state index contributed by atoms with van der Waals surface area (Å²) in [6.45, 7) is 5.99. The standard InChI is InChI=1S/C20H18ClNO2S/c1-4-25-18-17(14-9-8-12(2)13(3)10-14)19(23)22(20(18)24)16-7-5-6-15(21)11-16/h5-11H,4H2,1-3H3. The van der Waals surface area contributed by atoms with Crippen molar-refractivity contribution in [3.8, 4) is 0 Å². The molecule has 3 rings (SSSR count). The van der Waals surface area contributed by atoms with Gasteiger partial charge in [0.2, 0.25) is 0 Å². The molecule has 0 saturated heterocycles. The first-order chi connectivity index (χ1) is 11.9. The van der Waals surface area contributed by atoms with E-state index >= 15 is 0 Å². The highest BCUT2D eigenvalue weighted by Crippen LogP contribution is 2.39. The summed E-state index contributed by atoms with van der Waals surface area (Å²) < 4.78 is 0. The summed E-state index contributed by atoms with van der Waals surface area (Å²) in [4.78, 5) is 27.7. The van der Waals surface area contributed by atoms with Gasteiger partial charge in [-0.2, -0.15) is 0 Å². The summed E-state index contributed by atoms with van der Waals surface area (Å²) >= 11 is 7.44. The van der Waals surface area contributed by atoms with Crippen LogP contribution in [0.3, 0.4) is 0 Å². The molecule has 2 aromatic carbocycles. The predicted molar refractivity (Wildman–Crippen MR) is 105 cm³/mol. The number of thioether (sulfide) groups is 1. The van der Waals surface area contributed by atoms with Crippen LogP contribution in [-0.2, 0) is 9.59 Å². The van der Waals surface area contributed by atoms with E-state index in [0.717, 1.165) is 16.7 Å². The number of nitrogens with zero attached hydrogens (tertiary/aromatic N) is 1. The number of carbonyl (C=O) groups is 2. The maximum Gasteiger partial charge on any atom is 0.272 e. The number of imide groups is 1. The van der Waals surface area contributed by atoms with Gasteiger partial charge in [0.1, 0.15) is 0 Å². The number of hydrogen-bond acceptors (Lipinski definition) is 3. The third-order valence-corrected chi connectivity index (χ3v) is 5.38. The number of hydrogen-bond donors (Lipinski definition) is 0. The van der Waals surface area contributed by atoms with Crippen molar-refractivity contribution in [3.05, 3.63) is 69.1 Å². The van der Waals surface area contributed by atoms with Crippen molar-refractivity contribution in [3.63, 3.8) is 0 Å². The fraction of sp³-hybridized carbons (Fsp3) is 0.200. The van der Waals surface area contributed by atoms with Gasteiger partial charge in [0.15, 0.2) is 0 Å². The third kappa shape index (κ3) is 3.24. The molecule has 0 saturated carbocycles. The van der Waals surface area contributed by atoms with Crippen molar-refractivity contribution >= 4 is 46.4 Å². The van der Waals surface area contributed by atoms with Crippen molar-refractivity contribution in [2.45, 2.75) is 20.8 Å². The largest absolute Gasteiger partial charge is 0.272 e. The van der Waals surface area contributed by atoms with Gasteiger partial charge in [0.05, 0.1) is 16.2 Å². The first-order valence-corrected chi connectivity index (χ1v) is 9.39. The Morgan fingerprint density at radius 3 is 2.40 bits per heavy atom. The maximum atomic E-state index is 13.1. The smallest absolute Gasteiger partial charge is 0.268 e. The Hall–Kier alpha value is -2.04. The molecule has 0 spiro atoms. The normalized spacial score (nSPS) is 14.6. The second-order valence-electron chi connectivity index (χ2n) is 5.86. The second-order valence-corrected chi connectivity index (χ2v) is 7.57. The molecule has 2 amide bonds. The Morgan fingerprint density at radius 1 is 1.00 bits per heavy atom. The van der Waals surface area contributed by atoms with Gasteiger partial charge in [-0.3, -0.25) is 9.59 Å². The van der Waals surface area contributed by atoms with Crippen molar-refractivity contribution in [1.29, 1.82) is 0 Å². The lowest BCUT2D eigenvalue weighted by atomic mass is 10.0. The van der Waals surface area contributed by atoms with E-state index in [4.69, 9.17) is 11.6 Å². The van der Waals surface area contributed by atoms with Crippen molar-refractivity contribution in [1.82, 2.24) is 0 Å². The molecule has 0 unspecified atom stereocenters. The van der Waals surface area contributed by atoms with Crippen LogP contribution in [-0.4, -0.2) is 17.6 Å². The molecule has 1 aliphatic heterocycles. The highest BCUT2D eigenvalue weighted by molar-refractivity contribution is 8.04. The Bertz CT molecular complexity index is 904. The summed E-state index contributed by atoms with van der Waals surface area (Å²) in [5.74, 6) is 0.130. The highest BCUT2D eigenvalue weighted by Gasteiger charge is 2.40. The van der Waals surface area contributed by atoms with Gasteiger partial charge in [-0.05, 0) is 54.5 Å². The molecule has 0 aromatic heterocycles.